The molecule has 3 aromatic rings. The molecule has 0 spiro atoms. The van der Waals surface area contributed by atoms with Gasteiger partial charge in [-0.25, -0.2) is 0 Å². The minimum Gasteiger partial charge on any atom is -0.350 e. The highest BCUT2D eigenvalue weighted by Crippen LogP contribution is 2.18. The Labute approximate surface area is 174 Å². The van der Waals surface area contributed by atoms with Gasteiger partial charge >= 0.3 is 0 Å². The fourth-order valence-corrected chi connectivity index (χ4v) is 3.65. The van der Waals surface area contributed by atoms with E-state index in [1.165, 1.54) is 11.3 Å². The molecule has 7 heteroatoms. The topological polar surface area (TPSA) is 84.0 Å². The van der Waals surface area contributed by atoms with Gasteiger partial charge in [-0.1, -0.05) is 59.9 Å². The fourth-order valence-electron chi connectivity index (χ4n) is 2.87. The molecule has 0 fully saturated rings. The lowest BCUT2D eigenvalue weighted by Crippen LogP contribution is -2.26. The van der Waals surface area contributed by atoms with Crippen LogP contribution in [0.15, 0.2) is 54.6 Å². The van der Waals surface area contributed by atoms with Gasteiger partial charge in [-0.3, -0.25) is 9.59 Å². The summed E-state index contributed by atoms with van der Waals surface area (Å²) in [7, 11) is 0. The summed E-state index contributed by atoms with van der Waals surface area (Å²) in [5.41, 5.74) is 2.83. The van der Waals surface area contributed by atoms with Crippen molar-refractivity contribution in [3.8, 4) is 0 Å². The minimum absolute atomic E-state index is 0.00314. The summed E-state index contributed by atoms with van der Waals surface area (Å²) in [4.78, 5) is 24.5. The Kier molecular flexibility index (Phi) is 7.08. The number of nitrogens with one attached hydrogen (secondary N) is 2. The van der Waals surface area contributed by atoms with Crippen molar-refractivity contribution in [1.29, 1.82) is 0 Å². The number of anilines is 1. The Morgan fingerprint density at radius 3 is 2.52 bits per heavy atom. The molecule has 2 amide bonds. The smallest absolute Gasteiger partial charge is 0.286 e. The van der Waals surface area contributed by atoms with Crippen LogP contribution in [-0.2, 0) is 11.2 Å². The highest BCUT2D eigenvalue weighted by Gasteiger charge is 2.14. The van der Waals surface area contributed by atoms with E-state index in [-0.39, 0.29) is 17.9 Å². The number of aryl methyl sites for hydroxylation is 2. The van der Waals surface area contributed by atoms with Gasteiger partial charge in [-0.05, 0) is 37.5 Å². The van der Waals surface area contributed by atoms with Crippen LogP contribution in [0.3, 0.4) is 0 Å². The normalized spacial score (nSPS) is 11.7. The molecule has 0 radical (unpaired) electrons. The summed E-state index contributed by atoms with van der Waals surface area (Å²) < 4.78 is 0. The van der Waals surface area contributed by atoms with Crippen LogP contribution in [0, 0.1) is 6.92 Å². The van der Waals surface area contributed by atoms with Gasteiger partial charge < -0.3 is 10.6 Å². The third-order valence-electron chi connectivity index (χ3n) is 4.53. The van der Waals surface area contributed by atoms with Crippen molar-refractivity contribution >= 4 is 28.8 Å². The van der Waals surface area contributed by atoms with Crippen LogP contribution >= 0.6 is 11.3 Å². The number of para-hydroxylation sites is 1. The van der Waals surface area contributed by atoms with Gasteiger partial charge in [0.1, 0.15) is 5.01 Å². The van der Waals surface area contributed by atoms with Crippen molar-refractivity contribution < 1.29 is 9.59 Å². The molecule has 1 heterocycles. The molecule has 1 aromatic heterocycles. The SMILES string of the molecule is Cc1ccccc1NC(=O)c1nnc(CCCC(=O)NC(C)c2ccccc2)s1. The van der Waals surface area contributed by atoms with E-state index in [1.807, 2.05) is 68.4 Å². The van der Waals surface area contributed by atoms with Crippen LogP contribution in [-0.4, -0.2) is 22.0 Å². The van der Waals surface area contributed by atoms with E-state index in [4.69, 9.17) is 0 Å². The van der Waals surface area contributed by atoms with Crippen molar-refractivity contribution in [2.24, 2.45) is 0 Å². The molecule has 0 saturated heterocycles. The van der Waals surface area contributed by atoms with E-state index >= 15 is 0 Å². The van der Waals surface area contributed by atoms with Crippen LogP contribution in [0.5, 0.6) is 0 Å². The first-order chi connectivity index (χ1) is 14.0. The van der Waals surface area contributed by atoms with Crippen molar-refractivity contribution in [3.05, 3.63) is 75.7 Å². The summed E-state index contributed by atoms with van der Waals surface area (Å²) in [6.07, 6.45) is 1.67. The third-order valence-corrected chi connectivity index (χ3v) is 5.51. The first-order valence-corrected chi connectivity index (χ1v) is 10.4. The van der Waals surface area contributed by atoms with E-state index in [9.17, 15) is 9.59 Å². The monoisotopic (exact) mass is 408 g/mol. The van der Waals surface area contributed by atoms with Crippen LogP contribution in [0.25, 0.3) is 0 Å². The molecule has 1 atom stereocenters. The van der Waals surface area contributed by atoms with E-state index in [0.29, 0.717) is 24.3 Å². The quantitative estimate of drug-likeness (QED) is 0.582. The maximum atomic E-state index is 12.4. The standard InChI is InChI=1S/C22H24N4O2S/c1-15-9-6-7-12-18(15)24-21(28)22-26-25-20(29-22)14-8-13-19(27)23-16(2)17-10-4-3-5-11-17/h3-7,9-12,16H,8,13-14H2,1-2H3,(H,23,27)(H,24,28). The Hall–Kier alpha value is -3.06. The number of amides is 2. The minimum atomic E-state index is -0.266. The second kappa shape index (κ2) is 9.93. The van der Waals surface area contributed by atoms with Gasteiger partial charge in [-0.15, -0.1) is 10.2 Å². The molecule has 0 aliphatic heterocycles. The molecule has 3 rings (SSSR count). The number of nitrogens with zero attached hydrogens (tertiary/aromatic N) is 2. The van der Waals surface area contributed by atoms with Crippen molar-refractivity contribution in [1.82, 2.24) is 15.5 Å². The summed E-state index contributed by atoms with van der Waals surface area (Å²) in [5, 5.41) is 15.0. The highest BCUT2D eigenvalue weighted by molar-refractivity contribution is 7.13. The second-order valence-corrected chi connectivity index (χ2v) is 7.89. The lowest BCUT2D eigenvalue weighted by molar-refractivity contribution is -0.121. The molecule has 2 N–H and O–H groups in total. The largest absolute Gasteiger partial charge is 0.350 e. The summed E-state index contributed by atoms with van der Waals surface area (Å²) in [6, 6.07) is 17.4. The van der Waals surface area contributed by atoms with E-state index in [0.717, 1.165) is 21.8 Å². The number of carbonyl (C=O) groups is 2. The molecular formula is C22H24N4O2S. The van der Waals surface area contributed by atoms with Crippen molar-refractivity contribution in [2.45, 2.75) is 39.2 Å². The molecule has 1 unspecified atom stereocenters. The summed E-state index contributed by atoms with van der Waals surface area (Å²) >= 11 is 1.26. The first-order valence-electron chi connectivity index (χ1n) is 9.56. The number of rotatable bonds is 8. The van der Waals surface area contributed by atoms with Gasteiger partial charge in [-0.2, -0.15) is 0 Å². The maximum Gasteiger partial charge on any atom is 0.286 e. The molecule has 29 heavy (non-hydrogen) atoms. The number of benzene rings is 2. The average molecular weight is 409 g/mol. The summed E-state index contributed by atoms with van der Waals surface area (Å²) in [6.45, 7) is 3.90. The zero-order valence-electron chi connectivity index (χ0n) is 16.5. The van der Waals surface area contributed by atoms with Gasteiger partial charge in [0.05, 0.1) is 6.04 Å². The molecule has 0 aliphatic rings. The van der Waals surface area contributed by atoms with Crippen LogP contribution in [0.4, 0.5) is 5.69 Å². The number of hydrogen-bond donors (Lipinski definition) is 2. The Balaban J connectivity index is 1.45. The lowest BCUT2D eigenvalue weighted by Gasteiger charge is -2.14. The third kappa shape index (κ3) is 5.96. The van der Waals surface area contributed by atoms with Gasteiger partial charge in [0.2, 0.25) is 10.9 Å². The van der Waals surface area contributed by atoms with E-state index in [1.54, 1.807) is 0 Å². The maximum absolute atomic E-state index is 12.4. The van der Waals surface area contributed by atoms with Gasteiger partial charge in [0.15, 0.2) is 0 Å². The van der Waals surface area contributed by atoms with E-state index < -0.39 is 0 Å². The Morgan fingerprint density at radius 2 is 1.76 bits per heavy atom. The van der Waals surface area contributed by atoms with Gasteiger partial charge in [0, 0.05) is 18.5 Å². The number of aromatic nitrogens is 2. The second-order valence-electron chi connectivity index (χ2n) is 6.82. The van der Waals surface area contributed by atoms with Crippen LogP contribution in [0.1, 0.15) is 51.7 Å². The molecule has 0 aliphatic carbocycles. The molecule has 0 bridgehead atoms. The predicted molar refractivity (Wildman–Crippen MR) is 115 cm³/mol. The average Bonchev–Trinajstić information content (AvgIpc) is 3.19. The molecule has 6 nitrogen and oxygen atoms in total. The van der Waals surface area contributed by atoms with Gasteiger partial charge in [0.25, 0.3) is 5.91 Å². The predicted octanol–water partition coefficient (Wildman–Crippen LogP) is 4.30. The fraction of sp³-hybridized carbons (Fsp3) is 0.273. The van der Waals surface area contributed by atoms with Crippen molar-refractivity contribution in [2.75, 3.05) is 5.32 Å². The molecule has 2 aromatic carbocycles. The Morgan fingerprint density at radius 1 is 1.03 bits per heavy atom. The summed E-state index contributed by atoms with van der Waals surface area (Å²) in [5.74, 6) is -0.263. The van der Waals surface area contributed by atoms with E-state index in [2.05, 4.69) is 20.8 Å². The Bertz CT molecular complexity index is 972. The number of carbonyl (C=O) groups excluding carboxylic acids is 2. The van der Waals surface area contributed by atoms with Crippen LogP contribution < -0.4 is 10.6 Å². The van der Waals surface area contributed by atoms with Crippen molar-refractivity contribution in [3.63, 3.8) is 0 Å². The highest BCUT2D eigenvalue weighted by atomic mass is 32.1. The zero-order valence-corrected chi connectivity index (χ0v) is 17.3. The molecule has 150 valence electrons. The first kappa shape index (κ1) is 20.7. The zero-order chi connectivity index (χ0) is 20.6. The number of hydrogen-bond acceptors (Lipinski definition) is 5. The molecule has 0 saturated carbocycles. The molecular weight excluding hydrogens is 384 g/mol. The van der Waals surface area contributed by atoms with Crippen LogP contribution in [0.2, 0.25) is 0 Å². The lowest BCUT2D eigenvalue weighted by atomic mass is 10.1.